The van der Waals surface area contributed by atoms with Crippen molar-refractivity contribution in [2.24, 2.45) is 0 Å². The van der Waals surface area contributed by atoms with Gasteiger partial charge in [0.05, 0.1) is 0 Å². The molecule has 1 aromatic carbocycles. The SMILES string of the molecule is N#Cc1ncnnc1-c1ccc(F)cc1. The maximum absolute atomic E-state index is 12.7. The van der Waals surface area contributed by atoms with E-state index in [1.54, 1.807) is 0 Å². The molecule has 0 bridgehead atoms. The van der Waals surface area contributed by atoms with E-state index in [0.29, 0.717) is 11.3 Å². The maximum atomic E-state index is 12.7. The van der Waals surface area contributed by atoms with Crippen LogP contribution in [-0.2, 0) is 0 Å². The van der Waals surface area contributed by atoms with E-state index in [9.17, 15) is 4.39 Å². The van der Waals surface area contributed by atoms with Crippen molar-refractivity contribution >= 4 is 0 Å². The van der Waals surface area contributed by atoms with Crippen molar-refractivity contribution in [2.45, 2.75) is 0 Å². The number of nitriles is 1. The van der Waals surface area contributed by atoms with Crippen molar-refractivity contribution in [3.63, 3.8) is 0 Å². The average molecular weight is 200 g/mol. The van der Waals surface area contributed by atoms with Crippen LogP contribution in [0.3, 0.4) is 0 Å². The Balaban J connectivity index is 2.55. The molecule has 0 amide bonds. The van der Waals surface area contributed by atoms with E-state index in [0.717, 1.165) is 0 Å². The second kappa shape index (κ2) is 3.80. The summed E-state index contributed by atoms with van der Waals surface area (Å²) in [5.74, 6) is -0.339. The summed E-state index contributed by atoms with van der Waals surface area (Å²) in [4.78, 5) is 3.77. The van der Waals surface area contributed by atoms with Gasteiger partial charge in [-0.25, -0.2) is 9.37 Å². The van der Waals surface area contributed by atoms with Gasteiger partial charge in [-0.05, 0) is 24.3 Å². The minimum absolute atomic E-state index is 0.177. The van der Waals surface area contributed by atoms with Gasteiger partial charge in [-0.2, -0.15) is 5.26 Å². The monoisotopic (exact) mass is 200 g/mol. The zero-order chi connectivity index (χ0) is 10.7. The predicted molar refractivity (Wildman–Crippen MR) is 49.9 cm³/mol. The molecule has 2 aromatic rings. The highest BCUT2D eigenvalue weighted by molar-refractivity contribution is 5.63. The van der Waals surface area contributed by atoms with Crippen molar-refractivity contribution < 1.29 is 4.39 Å². The lowest BCUT2D eigenvalue weighted by Crippen LogP contribution is -1.95. The second-order valence-electron chi connectivity index (χ2n) is 2.78. The number of hydrogen-bond acceptors (Lipinski definition) is 4. The van der Waals surface area contributed by atoms with E-state index in [1.165, 1.54) is 30.6 Å². The van der Waals surface area contributed by atoms with E-state index >= 15 is 0 Å². The average Bonchev–Trinajstić information content (AvgIpc) is 2.30. The first-order valence-corrected chi connectivity index (χ1v) is 4.15. The lowest BCUT2D eigenvalue weighted by molar-refractivity contribution is 0.628. The molecule has 0 spiro atoms. The quantitative estimate of drug-likeness (QED) is 0.700. The highest BCUT2D eigenvalue weighted by Crippen LogP contribution is 2.18. The van der Waals surface area contributed by atoms with Crippen LogP contribution in [0.15, 0.2) is 30.6 Å². The lowest BCUT2D eigenvalue weighted by atomic mass is 10.1. The van der Waals surface area contributed by atoms with E-state index in [1.807, 2.05) is 6.07 Å². The summed E-state index contributed by atoms with van der Waals surface area (Å²) < 4.78 is 12.7. The van der Waals surface area contributed by atoms with Crippen LogP contribution in [0.25, 0.3) is 11.3 Å². The third-order valence-electron chi connectivity index (χ3n) is 1.84. The minimum atomic E-state index is -0.339. The van der Waals surface area contributed by atoms with Crippen LogP contribution in [0.5, 0.6) is 0 Å². The number of halogens is 1. The van der Waals surface area contributed by atoms with E-state index in [-0.39, 0.29) is 11.5 Å². The number of hydrogen-bond donors (Lipinski definition) is 0. The normalized spacial score (nSPS) is 9.60. The molecule has 0 fully saturated rings. The molecule has 2 rings (SSSR count). The third kappa shape index (κ3) is 1.79. The van der Waals surface area contributed by atoms with Gasteiger partial charge in [-0.3, -0.25) is 0 Å². The Morgan fingerprint density at radius 2 is 1.93 bits per heavy atom. The lowest BCUT2D eigenvalue weighted by Gasteiger charge is -1.99. The standard InChI is InChI=1S/C10H5FN4/c11-8-3-1-7(2-4-8)10-9(5-12)13-6-14-15-10/h1-4,6H. The summed E-state index contributed by atoms with van der Waals surface area (Å²) in [6, 6.07) is 7.55. The highest BCUT2D eigenvalue weighted by Gasteiger charge is 2.07. The van der Waals surface area contributed by atoms with Gasteiger partial charge in [0, 0.05) is 5.56 Å². The molecule has 1 aromatic heterocycles. The smallest absolute Gasteiger partial charge is 0.170 e. The predicted octanol–water partition coefficient (Wildman–Crippen LogP) is 1.55. The molecule has 0 unspecified atom stereocenters. The van der Waals surface area contributed by atoms with Gasteiger partial charge < -0.3 is 0 Å². The summed E-state index contributed by atoms with van der Waals surface area (Å²) >= 11 is 0. The van der Waals surface area contributed by atoms with Crippen molar-refractivity contribution in [1.29, 1.82) is 5.26 Å². The van der Waals surface area contributed by atoms with Crippen LogP contribution in [0.2, 0.25) is 0 Å². The Kier molecular flexibility index (Phi) is 2.33. The molecular weight excluding hydrogens is 195 g/mol. The van der Waals surface area contributed by atoms with Crippen molar-refractivity contribution in [3.8, 4) is 17.3 Å². The van der Waals surface area contributed by atoms with Crippen molar-refractivity contribution in [2.75, 3.05) is 0 Å². The molecule has 0 saturated carbocycles. The number of aromatic nitrogens is 3. The van der Waals surface area contributed by atoms with Gasteiger partial charge in [0.1, 0.15) is 23.9 Å². The van der Waals surface area contributed by atoms with Gasteiger partial charge in [-0.15, -0.1) is 10.2 Å². The molecule has 0 aliphatic carbocycles. The number of nitrogens with zero attached hydrogens (tertiary/aromatic N) is 4. The number of rotatable bonds is 1. The van der Waals surface area contributed by atoms with Crippen LogP contribution < -0.4 is 0 Å². The topological polar surface area (TPSA) is 62.5 Å². The first kappa shape index (κ1) is 9.21. The molecule has 1 heterocycles. The van der Waals surface area contributed by atoms with Crippen molar-refractivity contribution in [1.82, 2.24) is 15.2 Å². The molecule has 0 atom stereocenters. The fourth-order valence-corrected chi connectivity index (χ4v) is 1.16. The fourth-order valence-electron chi connectivity index (χ4n) is 1.16. The first-order chi connectivity index (χ1) is 7.31. The summed E-state index contributed by atoms with van der Waals surface area (Å²) in [5.41, 5.74) is 1.16. The molecule has 0 radical (unpaired) electrons. The van der Waals surface area contributed by atoms with E-state index in [2.05, 4.69) is 15.2 Å². The molecule has 0 saturated heterocycles. The van der Waals surface area contributed by atoms with Gasteiger partial charge in [-0.1, -0.05) is 0 Å². The summed E-state index contributed by atoms with van der Waals surface area (Å²) in [5, 5.41) is 16.2. The number of benzene rings is 1. The van der Waals surface area contributed by atoms with Gasteiger partial charge >= 0.3 is 0 Å². The summed E-state index contributed by atoms with van der Waals surface area (Å²) in [6.07, 6.45) is 1.20. The summed E-state index contributed by atoms with van der Waals surface area (Å²) in [6.45, 7) is 0. The third-order valence-corrected chi connectivity index (χ3v) is 1.84. The van der Waals surface area contributed by atoms with Crippen molar-refractivity contribution in [3.05, 3.63) is 42.1 Å². The fraction of sp³-hybridized carbons (Fsp3) is 0. The van der Waals surface area contributed by atoms with Gasteiger partial charge in [0.2, 0.25) is 0 Å². The molecule has 4 nitrogen and oxygen atoms in total. The Hall–Kier alpha value is -2.35. The molecule has 15 heavy (non-hydrogen) atoms. The highest BCUT2D eigenvalue weighted by atomic mass is 19.1. The second-order valence-corrected chi connectivity index (χ2v) is 2.78. The van der Waals surface area contributed by atoms with Crippen LogP contribution in [-0.4, -0.2) is 15.2 Å². The molecular formula is C10H5FN4. The summed E-state index contributed by atoms with van der Waals surface area (Å²) in [7, 11) is 0. The Bertz CT molecular complexity index is 516. The Morgan fingerprint density at radius 3 is 2.60 bits per heavy atom. The van der Waals surface area contributed by atoms with E-state index in [4.69, 9.17) is 5.26 Å². The first-order valence-electron chi connectivity index (χ1n) is 4.15. The molecule has 72 valence electrons. The van der Waals surface area contributed by atoms with Gasteiger partial charge in [0.25, 0.3) is 0 Å². The molecule has 0 aliphatic rings. The Labute approximate surface area is 85.0 Å². The minimum Gasteiger partial charge on any atom is -0.221 e. The molecule has 5 heteroatoms. The largest absolute Gasteiger partial charge is 0.221 e. The Morgan fingerprint density at radius 1 is 1.20 bits per heavy atom. The van der Waals surface area contributed by atoms with E-state index < -0.39 is 0 Å². The van der Waals surface area contributed by atoms with Crippen LogP contribution in [0, 0.1) is 17.1 Å². The van der Waals surface area contributed by atoms with Crippen LogP contribution in [0.4, 0.5) is 4.39 Å². The maximum Gasteiger partial charge on any atom is 0.170 e. The molecule has 0 aliphatic heterocycles. The van der Waals surface area contributed by atoms with Crippen LogP contribution in [0.1, 0.15) is 5.69 Å². The zero-order valence-corrected chi connectivity index (χ0v) is 7.55. The van der Waals surface area contributed by atoms with Crippen LogP contribution >= 0.6 is 0 Å². The zero-order valence-electron chi connectivity index (χ0n) is 7.55. The van der Waals surface area contributed by atoms with Gasteiger partial charge in [0.15, 0.2) is 5.69 Å². The molecule has 0 N–H and O–H groups in total.